The van der Waals surface area contributed by atoms with Crippen molar-refractivity contribution in [1.82, 2.24) is 0 Å². The molecule has 7 bridgehead atoms. The van der Waals surface area contributed by atoms with Gasteiger partial charge in [0.1, 0.15) is 13.2 Å². The number of ether oxygens (including phenoxy) is 2. The standard InChI is InChI=1S/C22H33NO4/c1-19-5-3-6-22-13-10-12-4-7-21(13,11-20(12,2)25)16(14(24)15(19)22)27-18(22)23-8-9-26-17(19)23/h12-18,24-25H,3-11H2,1-2H3/p+1/t12-,13+,14-,15+,16+,17+,18+,19+,20+,21+,22+/m0/s1. The van der Waals surface area contributed by atoms with Crippen molar-refractivity contribution in [2.24, 2.45) is 34.0 Å². The van der Waals surface area contributed by atoms with Crippen LogP contribution in [-0.4, -0.2) is 53.6 Å². The fourth-order valence-corrected chi connectivity index (χ4v) is 10.5. The van der Waals surface area contributed by atoms with Gasteiger partial charge in [0.05, 0.1) is 28.6 Å². The Morgan fingerprint density at radius 3 is 2.78 bits per heavy atom. The molecule has 9 aliphatic rings. The molecule has 0 aromatic rings. The highest BCUT2D eigenvalue weighted by Crippen LogP contribution is 2.77. The van der Waals surface area contributed by atoms with Crippen LogP contribution in [0.15, 0.2) is 0 Å². The van der Waals surface area contributed by atoms with Crippen LogP contribution in [0.5, 0.6) is 0 Å². The lowest BCUT2D eigenvalue weighted by Gasteiger charge is -2.79. The summed E-state index contributed by atoms with van der Waals surface area (Å²) in [6.45, 7) is 6.33. The monoisotopic (exact) mass is 376 g/mol. The first-order valence-electron chi connectivity index (χ1n) is 11.4. The Labute approximate surface area is 161 Å². The van der Waals surface area contributed by atoms with E-state index >= 15 is 0 Å². The molecule has 5 nitrogen and oxygen atoms in total. The smallest absolute Gasteiger partial charge is 0.200 e. The van der Waals surface area contributed by atoms with Crippen LogP contribution in [0.25, 0.3) is 0 Å². The second-order valence-corrected chi connectivity index (χ2v) is 11.7. The Hall–Kier alpha value is -0.200. The third kappa shape index (κ3) is 1.53. The fraction of sp³-hybridized carbons (Fsp3) is 1.00. The van der Waals surface area contributed by atoms with Crippen LogP contribution in [0.2, 0.25) is 0 Å². The summed E-state index contributed by atoms with van der Waals surface area (Å²) in [6, 6.07) is 0. The van der Waals surface area contributed by atoms with E-state index in [0.29, 0.717) is 17.8 Å². The lowest BCUT2D eigenvalue weighted by atomic mass is 9.31. The minimum absolute atomic E-state index is 0.0181. The summed E-state index contributed by atoms with van der Waals surface area (Å²) in [6.07, 6.45) is 7.67. The van der Waals surface area contributed by atoms with E-state index < -0.39 is 11.7 Å². The summed E-state index contributed by atoms with van der Waals surface area (Å²) < 4.78 is 13.2. The molecule has 150 valence electrons. The van der Waals surface area contributed by atoms with Crippen LogP contribution in [0, 0.1) is 34.0 Å². The summed E-state index contributed by atoms with van der Waals surface area (Å²) in [5.41, 5.74) is -0.473. The molecule has 5 saturated carbocycles. The predicted octanol–water partition coefficient (Wildman–Crippen LogP) is 0.691. The normalized spacial score (nSPS) is 70.7. The van der Waals surface area contributed by atoms with Crippen LogP contribution >= 0.6 is 0 Å². The van der Waals surface area contributed by atoms with E-state index in [1.165, 1.54) is 24.2 Å². The van der Waals surface area contributed by atoms with Crippen molar-refractivity contribution in [3.05, 3.63) is 0 Å². The maximum atomic E-state index is 11.7. The van der Waals surface area contributed by atoms with Gasteiger partial charge in [-0.15, -0.1) is 0 Å². The third-order valence-corrected chi connectivity index (χ3v) is 10.9. The zero-order valence-electron chi connectivity index (χ0n) is 16.6. The lowest BCUT2D eigenvalue weighted by molar-refractivity contribution is -1.01. The number of hydrogen-bond donors (Lipinski definition) is 3. The van der Waals surface area contributed by atoms with Gasteiger partial charge in [-0.25, -0.2) is 0 Å². The van der Waals surface area contributed by atoms with Gasteiger partial charge >= 0.3 is 0 Å². The van der Waals surface area contributed by atoms with Gasteiger partial charge in [-0.1, -0.05) is 13.3 Å². The molecule has 12 atom stereocenters. The minimum Gasteiger partial charge on any atom is -0.390 e. The first-order chi connectivity index (χ1) is 12.8. The molecule has 9 fully saturated rings. The molecular weight excluding hydrogens is 342 g/mol. The first kappa shape index (κ1) is 16.6. The highest BCUT2D eigenvalue weighted by atomic mass is 16.6. The Morgan fingerprint density at radius 1 is 1.11 bits per heavy atom. The third-order valence-electron chi connectivity index (χ3n) is 10.9. The van der Waals surface area contributed by atoms with E-state index in [-0.39, 0.29) is 34.8 Å². The van der Waals surface area contributed by atoms with Crippen molar-refractivity contribution in [3.63, 3.8) is 0 Å². The number of rotatable bonds is 0. The molecular formula is C22H34NO4+. The van der Waals surface area contributed by atoms with Gasteiger partial charge in [0, 0.05) is 11.3 Å². The Balaban J connectivity index is 1.45. The summed E-state index contributed by atoms with van der Waals surface area (Å²) in [7, 11) is 0. The molecule has 0 aromatic heterocycles. The largest absolute Gasteiger partial charge is 0.390 e. The summed E-state index contributed by atoms with van der Waals surface area (Å²) in [5.74, 6) is 1.33. The molecule has 5 aliphatic carbocycles. The molecule has 3 N–H and O–H groups in total. The maximum absolute atomic E-state index is 11.7. The van der Waals surface area contributed by atoms with Gasteiger partial charge in [0.25, 0.3) is 0 Å². The molecule has 1 unspecified atom stereocenters. The van der Waals surface area contributed by atoms with Crippen molar-refractivity contribution in [2.75, 3.05) is 13.2 Å². The zero-order valence-corrected chi connectivity index (χ0v) is 16.6. The Bertz CT molecular complexity index is 712. The number of piperidine rings is 1. The molecule has 0 aromatic carbocycles. The van der Waals surface area contributed by atoms with Gasteiger partial charge in [-0.2, -0.15) is 0 Å². The van der Waals surface area contributed by atoms with Crippen LogP contribution in [0.1, 0.15) is 58.8 Å². The van der Waals surface area contributed by atoms with Crippen LogP contribution < -0.4 is 4.90 Å². The number of aliphatic hydroxyl groups is 2. The van der Waals surface area contributed by atoms with Crippen molar-refractivity contribution >= 4 is 0 Å². The fourth-order valence-electron chi connectivity index (χ4n) is 10.5. The average Bonchev–Trinajstić information content (AvgIpc) is 3.10. The quantitative estimate of drug-likeness (QED) is 0.582. The van der Waals surface area contributed by atoms with Crippen molar-refractivity contribution < 1.29 is 24.6 Å². The van der Waals surface area contributed by atoms with Gasteiger partial charge < -0.3 is 19.7 Å². The number of quaternary nitrogens is 1. The van der Waals surface area contributed by atoms with Crippen LogP contribution in [0.4, 0.5) is 0 Å². The molecule has 5 heteroatoms. The second kappa shape index (κ2) is 4.59. The molecule has 4 aliphatic heterocycles. The Morgan fingerprint density at radius 2 is 1.96 bits per heavy atom. The molecule has 9 rings (SSSR count). The molecule has 27 heavy (non-hydrogen) atoms. The SMILES string of the molecule is C[C@@]12CCC[C@@]34[C@@H]1[C@H](O)[C@@H](O[C@H]3[NH+]1CCO[C@@H]12)[C@@]12CC[C@@H](C[C@H]14)[C@](C)(O)C2. The van der Waals surface area contributed by atoms with Gasteiger partial charge in [0.2, 0.25) is 6.23 Å². The summed E-state index contributed by atoms with van der Waals surface area (Å²) >= 11 is 0. The van der Waals surface area contributed by atoms with E-state index in [1.807, 2.05) is 6.92 Å². The topological polar surface area (TPSA) is 63.4 Å². The number of fused-ring (bicyclic) bond motifs is 4. The number of aliphatic hydroxyl groups excluding tert-OH is 1. The highest BCUT2D eigenvalue weighted by Gasteiger charge is 2.84. The zero-order chi connectivity index (χ0) is 18.4. The minimum atomic E-state index is -0.592. The van der Waals surface area contributed by atoms with Crippen LogP contribution in [0.3, 0.4) is 0 Å². The average molecular weight is 377 g/mol. The summed E-state index contributed by atoms with van der Waals surface area (Å²) in [4.78, 5) is 1.52. The molecule has 0 radical (unpaired) electrons. The number of nitrogens with one attached hydrogen (secondary N) is 1. The highest BCUT2D eigenvalue weighted by molar-refractivity contribution is 5.26. The van der Waals surface area contributed by atoms with Gasteiger partial charge in [-0.05, 0) is 57.3 Å². The Kier molecular flexibility index (Phi) is 2.82. The van der Waals surface area contributed by atoms with Crippen LogP contribution in [-0.2, 0) is 9.47 Å². The van der Waals surface area contributed by atoms with Gasteiger partial charge in [-0.3, -0.25) is 4.90 Å². The molecule has 0 amide bonds. The van der Waals surface area contributed by atoms with E-state index in [0.717, 1.165) is 38.8 Å². The van der Waals surface area contributed by atoms with E-state index in [1.54, 1.807) is 0 Å². The molecule has 4 heterocycles. The summed E-state index contributed by atoms with van der Waals surface area (Å²) in [5, 5.41) is 22.9. The van der Waals surface area contributed by atoms with Crippen molar-refractivity contribution in [3.8, 4) is 0 Å². The number of hydrogen-bond acceptors (Lipinski definition) is 4. The van der Waals surface area contributed by atoms with Gasteiger partial charge in [0.15, 0.2) is 6.23 Å². The van der Waals surface area contributed by atoms with Crippen molar-refractivity contribution in [1.29, 1.82) is 0 Å². The predicted molar refractivity (Wildman–Crippen MR) is 96.6 cm³/mol. The molecule has 4 saturated heterocycles. The van der Waals surface area contributed by atoms with E-state index in [2.05, 4.69) is 6.92 Å². The first-order valence-corrected chi connectivity index (χ1v) is 11.4. The van der Waals surface area contributed by atoms with Crippen molar-refractivity contribution in [2.45, 2.75) is 89.1 Å². The lowest BCUT2D eigenvalue weighted by Crippen LogP contribution is -3.24. The maximum Gasteiger partial charge on any atom is 0.200 e. The van der Waals surface area contributed by atoms with E-state index in [9.17, 15) is 10.2 Å². The second-order valence-electron chi connectivity index (χ2n) is 11.7. The molecule has 2 spiro atoms. The van der Waals surface area contributed by atoms with E-state index in [4.69, 9.17) is 9.47 Å².